The van der Waals surface area contributed by atoms with E-state index >= 15 is 0 Å². The molecule has 4 nitrogen and oxygen atoms in total. The first-order valence-electron chi connectivity index (χ1n) is 13.6. The van der Waals surface area contributed by atoms with E-state index in [2.05, 4.69) is 40.3 Å². The van der Waals surface area contributed by atoms with E-state index in [1.54, 1.807) is 0 Å². The number of rotatable bonds is 3. The molecule has 0 bridgehead atoms. The fraction of sp³-hybridized carbons (Fsp3) is 0.200. The number of benzene rings is 3. The summed E-state index contributed by atoms with van der Waals surface area (Å²) in [5.74, 6) is 3.53. The van der Waals surface area contributed by atoms with E-state index in [0.29, 0.717) is 17.2 Å². The van der Waals surface area contributed by atoms with Crippen LogP contribution >= 0.6 is 0 Å². The molecule has 0 amide bonds. The summed E-state index contributed by atoms with van der Waals surface area (Å²) in [7, 11) is 0. The Kier molecular flexibility index (Phi) is 9.05. The molecule has 1 saturated carbocycles. The maximum Gasteiger partial charge on any atom is 0.166 e. The Balaban J connectivity index is 0.000000159. The summed E-state index contributed by atoms with van der Waals surface area (Å²) in [6.45, 7) is 2.01. The molecule has 40 heavy (non-hydrogen) atoms. The SMILES string of the molecule is Cc1ccc(-c2[c-]ccc3c2Oc2ccccc2O3)nc1.[Ir].[c-]1cc(C2CCCCC2)ccc1-c1ccccn1. The number of aromatic nitrogens is 2. The molecule has 5 aromatic rings. The van der Waals surface area contributed by atoms with Gasteiger partial charge in [-0.05, 0) is 42.1 Å². The number of aryl methyl sites for hydroxylation is 1. The fourth-order valence-corrected chi connectivity index (χ4v) is 5.11. The molecule has 0 atom stereocenters. The van der Waals surface area contributed by atoms with Crippen LogP contribution in [0, 0.1) is 19.1 Å². The van der Waals surface area contributed by atoms with Crippen molar-refractivity contribution < 1.29 is 29.6 Å². The average molecular weight is 703 g/mol. The van der Waals surface area contributed by atoms with Crippen LogP contribution in [0.1, 0.15) is 49.1 Å². The van der Waals surface area contributed by atoms with Crippen molar-refractivity contribution in [1.29, 1.82) is 0 Å². The molecule has 0 saturated heterocycles. The number of para-hydroxylation sites is 2. The van der Waals surface area contributed by atoms with Crippen LogP contribution in [-0.4, -0.2) is 9.97 Å². The maximum absolute atomic E-state index is 6.00. The topological polar surface area (TPSA) is 44.2 Å². The number of ether oxygens (including phenoxy) is 2. The van der Waals surface area contributed by atoms with Gasteiger partial charge in [-0.15, -0.1) is 47.5 Å². The summed E-state index contributed by atoms with van der Waals surface area (Å²) in [6.07, 6.45) is 10.5. The first-order valence-corrected chi connectivity index (χ1v) is 13.6. The predicted molar refractivity (Wildman–Crippen MR) is 154 cm³/mol. The van der Waals surface area contributed by atoms with Gasteiger partial charge < -0.3 is 19.4 Å². The third kappa shape index (κ3) is 6.33. The Morgan fingerprint density at radius 2 is 1.52 bits per heavy atom. The van der Waals surface area contributed by atoms with Crippen molar-refractivity contribution in [3.63, 3.8) is 0 Å². The molecule has 1 fully saturated rings. The Morgan fingerprint density at radius 1 is 0.725 bits per heavy atom. The average Bonchev–Trinajstić information content (AvgIpc) is 3.01. The van der Waals surface area contributed by atoms with Crippen LogP contribution in [0.3, 0.4) is 0 Å². The van der Waals surface area contributed by atoms with Crippen LogP contribution in [0.2, 0.25) is 0 Å². The van der Waals surface area contributed by atoms with E-state index in [1.165, 1.54) is 37.7 Å². The van der Waals surface area contributed by atoms with Gasteiger partial charge in [-0.2, -0.15) is 0 Å². The number of fused-ring (bicyclic) bond motifs is 2. The van der Waals surface area contributed by atoms with Crippen LogP contribution in [0.25, 0.3) is 22.5 Å². The molecule has 0 spiro atoms. The van der Waals surface area contributed by atoms with Crippen LogP contribution in [0.15, 0.2) is 97.3 Å². The summed E-state index contributed by atoms with van der Waals surface area (Å²) >= 11 is 0. The number of hydrogen-bond donors (Lipinski definition) is 0. The Bertz CT molecular complexity index is 1530. The second-order valence-electron chi connectivity index (χ2n) is 10.0. The minimum atomic E-state index is 0. The molecule has 203 valence electrons. The normalized spacial score (nSPS) is 13.7. The Labute approximate surface area is 249 Å². The van der Waals surface area contributed by atoms with Gasteiger partial charge in [0, 0.05) is 32.5 Å². The molecule has 2 aromatic heterocycles. The van der Waals surface area contributed by atoms with Crippen LogP contribution < -0.4 is 9.47 Å². The van der Waals surface area contributed by atoms with E-state index in [-0.39, 0.29) is 20.1 Å². The first-order chi connectivity index (χ1) is 19.2. The maximum atomic E-state index is 6.00. The van der Waals surface area contributed by atoms with Gasteiger partial charge in [-0.25, -0.2) is 0 Å². The molecule has 7 rings (SSSR count). The minimum absolute atomic E-state index is 0. The molecule has 3 heterocycles. The molecule has 1 aliphatic carbocycles. The van der Waals surface area contributed by atoms with Gasteiger partial charge in [0.15, 0.2) is 11.5 Å². The van der Waals surface area contributed by atoms with Gasteiger partial charge in [-0.3, -0.25) is 0 Å². The summed E-state index contributed by atoms with van der Waals surface area (Å²) in [4.78, 5) is 8.81. The third-order valence-electron chi connectivity index (χ3n) is 7.22. The van der Waals surface area contributed by atoms with Crippen molar-refractivity contribution >= 4 is 0 Å². The second kappa shape index (κ2) is 13.0. The van der Waals surface area contributed by atoms with Crippen LogP contribution in [0.4, 0.5) is 0 Å². The fourth-order valence-electron chi connectivity index (χ4n) is 5.11. The van der Waals surface area contributed by atoms with Crippen molar-refractivity contribution in [2.75, 3.05) is 0 Å². The third-order valence-corrected chi connectivity index (χ3v) is 7.22. The molecular formula is C35H30IrN2O2-2. The van der Waals surface area contributed by atoms with Crippen molar-refractivity contribution in [2.24, 2.45) is 0 Å². The minimum Gasteiger partial charge on any atom is -0.494 e. The molecule has 2 aliphatic rings. The van der Waals surface area contributed by atoms with Gasteiger partial charge in [0.2, 0.25) is 0 Å². The summed E-state index contributed by atoms with van der Waals surface area (Å²) < 4.78 is 11.9. The van der Waals surface area contributed by atoms with E-state index in [1.807, 2.05) is 86.0 Å². The summed E-state index contributed by atoms with van der Waals surface area (Å²) in [5.41, 5.74) is 6.30. The number of pyridine rings is 2. The zero-order valence-corrected chi connectivity index (χ0v) is 24.8. The standard InChI is InChI=1S/C18H12NO2.C17H18N.Ir/c1-12-9-10-14(19-11-12)13-5-4-8-17-18(13)21-16-7-3-2-6-15(16)20-17;1-2-6-14(7-3-1)15-9-11-16(12-10-15)17-8-4-5-13-18-17;/h2-4,6-11H,1H3;4-5,8-11,13-14H,1-3,6-7H2;/q2*-1;. The van der Waals surface area contributed by atoms with Gasteiger partial charge in [-0.1, -0.05) is 86.1 Å². The number of nitrogens with zero attached hydrogens (tertiary/aromatic N) is 2. The zero-order valence-electron chi connectivity index (χ0n) is 22.4. The van der Waals surface area contributed by atoms with E-state index in [4.69, 9.17) is 9.47 Å². The molecule has 0 N–H and O–H groups in total. The molecule has 1 radical (unpaired) electrons. The molecule has 5 heteroatoms. The molecule has 3 aromatic carbocycles. The predicted octanol–water partition coefficient (Wildman–Crippen LogP) is 9.35. The van der Waals surface area contributed by atoms with E-state index in [9.17, 15) is 0 Å². The second-order valence-corrected chi connectivity index (χ2v) is 10.0. The van der Waals surface area contributed by atoms with E-state index < -0.39 is 0 Å². The van der Waals surface area contributed by atoms with Crippen LogP contribution in [-0.2, 0) is 20.1 Å². The molecule has 0 unspecified atom stereocenters. The quantitative estimate of drug-likeness (QED) is 0.173. The smallest absolute Gasteiger partial charge is 0.166 e. The zero-order chi connectivity index (χ0) is 26.4. The largest absolute Gasteiger partial charge is 0.494 e. The van der Waals surface area contributed by atoms with Crippen molar-refractivity contribution in [1.82, 2.24) is 9.97 Å². The van der Waals surface area contributed by atoms with Crippen molar-refractivity contribution in [3.05, 3.63) is 121 Å². The summed E-state index contributed by atoms with van der Waals surface area (Å²) in [6, 6.07) is 34.4. The molecule has 1 aliphatic heterocycles. The van der Waals surface area contributed by atoms with Crippen molar-refractivity contribution in [2.45, 2.75) is 44.9 Å². The van der Waals surface area contributed by atoms with Gasteiger partial charge in [0.25, 0.3) is 0 Å². The molecular weight excluding hydrogens is 673 g/mol. The van der Waals surface area contributed by atoms with Crippen molar-refractivity contribution in [3.8, 4) is 45.5 Å². The summed E-state index contributed by atoms with van der Waals surface area (Å²) in [5, 5.41) is 0. The van der Waals surface area contributed by atoms with Crippen LogP contribution in [0.5, 0.6) is 23.0 Å². The number of hydrogen-bond acceptors (Lipinski definition) is 4. The Hall–Kier alpha value is -3.79. The van der Waals surface area contributed by atoms with Gasteiger partial charge >= 0.3 is 0 Å². The van der Waals surface area contributed by atoms with Gasteiger partial charge in [0.05, 0.1) is 11.5 Å². The first kappa shape index (κ1) is 27.8. The monoisotopic (exact) mass is 703 g/mol. The van der Waals surface area contributed by atoms with Gasteiger partial charge in [0.1, 0.15) is 0 Å². The van der Waals surface area contributed by atoms with E-state index in [0.717, 1.165) is 39.7 Å². The Morgan fingerprint density at radius 3 is 2.23 bits per heavy atom.